The van der Waals surface area contributed by atoms with Crippen molar-refractivity contribution in [2.24, 2.45) is 5.92 Å². The first-order valence-electron chi connectivity index (χ1n) is 9.10. The molecule has 2 N–H and O–H groups in total. The molecule has 0 unspecified atom stereocenters. The van der Waals surface area contributed by atoms with Crippen molar-refractivity contribution < 1.29 is 9.59 Å². The number of piperidine rings is 1. The molecule has 144 valence electrons. The van der Waals surface area contributed by atoms with Crippen molar-refractivity contribution >= 4 is 40.4 Å². The van der Waals surface area contributed by atoms with Crippen LogP contribution >= 0.6 is 22.9 Å². The van der Waals surface area contributed by atoms with Gasteiger partial charge in [-0.1, -0.05) is 17.7 Å². The third-order valence-corrected chi connectivity index (χ3v) is 6.02. The van der Waals surface area contributed by atoms with E-state index in [0.29, 0.717) is 23.2 Å². The topological polar surface area (TPSA) is 61.4 Å². The van der Waals surface area contributed by atoms with Crippen molar-refractivity contribution in [2.75, 3.05) is 25.0 Å². The Bertz CT molecular complexity index is 787. The van der Waals surface area contributed by atoms with Crippen LogP contribution < -0.4 is 10.6 Å². The summed E-state index contributed by atoms with van der Waals surface area (Å²) in [5.74, 6) is -0.855. The Balaban J connectivity index is 1.38. The highest BCUT2D eigenvalue weighted by Crippen LogP contribution is 2.20. The summed E-state index contributed by atoms with van der Waals surface area (Å²) in [6, 6.07) is 7.34. The molecule has 0 atom stereocenters. The zero-order valence-corrected chi connectivity index (χ0v) is 16.9. The molecule has 1 aliphatic heterocycles. The average molecular weight is 406 g/mol. The maximum absolute atomic E-state index is 12.1. The van der Waals surface area contributed by atoms with Crippen LogP contribution in [-0.4, -0.2) is 36.3 Å². The summed E-state index contributed by atoms with van der Waals surface area (Å²) in [6.07, 6.45) is 2.05. The fourth-order valence-corrected chi connectivity index (χ4v) is 4.01. The number of hydrogen-bond donors (Lipinski definition) is 2. The lowest BCUT2D eigenvalue weighted by atomic mass is 9.96. The molecule has 1 aromatic heterocycles. The van der Waals surface area contributed by atoms with E-state index in [-0.39, 0.29) is 0 Å². The first kappa shape index (κ1) is 19.9. The van der Waals surface area contributed by atoms with Gasteiger partial charge in [-0.25, -0.2) is 0 Å². The standard InChI is InChI=1S/C20H24ClN3O2S/c1-14-2-3-17(10-18(14)21)23-20(26)19(25)22-11-15-4-7-24(8-5-15)12-16-6-9-27-13-16/h2-3,6,9-10,13,15H,4-5,7-8,11-12H2,1H3,(H,22,25)(H,23,26). The lowest BCUT2D eigenvalue weighted by Gasteiger charge is -2.31. The lowest BCUT2D eigenvalue weighted by molar-refractivity contribution is -0.136. The Morgan fingerprint density at radius 2 is 2.00 bits per heavy atom. The van der Waals surface area contributed by atoms with E-state index in [1.54, 1.807) is 29.5 Å². The molecule has 2 heterocycles. The molecule has 1 aromatic carbocycles. The predicted octanol–water partition coefficient (Wildman–Crippen LogP) is 3.68. The van der Waals surface area contributed by atoms with Gasteiger partial charge in [0.25, 0.3) is 0 Å². The van der Waals surface area contributed by atoms with Gasteiger partial charge >= 0.3 is 11.8 Å². The van der Waals surface area contributed by atoms with Crippen LogP contribution in [0.2, 0.25) is 5.02 Å². The first-order valence-corrected chi connectivity index (χ1v) is 10.4. The number of aryl methyl sites for hydroxylation is 1. The zero-order valence-electron chi connectivity index (χ0n) is 15.3. The highest BCUT2D eigenvalue weighted by atomic mass is 35.5. The molecule has 0 aliphatic carbocycles. The van der Waals surface area contributed by atoms with Crippen LogP contribution in [0, 0.1) is 12.8 Å². The normalized spacial score (nSPS) is 15.5. The summed E-state index contributed by atoms with van der Waals surface area (Å²) in [5, 5.41) is 10.2. The van der Waals surface area contributed by atoms with E-state index in [2.05, 4.69) is 32.4 Å². The molecule has 1 aliphatic rings. The van der Waals surface area contributed by atoms with E-state index in [4.69, 9.17) is 11.6 Å². The summed E-state index contributed by atoms with van der Waals surface area (Å²) in [4.78, 5) is 26.5. The molecule has 0 bridgehead atoms. The van der Waals surface area contributed by atoms with Crippen LogP contribution in [0.1, 0.15) is 24.0 Å². The maximum Gasteiger partial charge on any atom is 0.313 e. The van der Waals surface area contributed by atoms with Gasteiger partial charge < -0.3 is 10.6 Å². The number of anilines is 1. The van der Waals surface area contributed by atoms with Crippen LogP contribution in [0.4, 0.5) is 5.69 Å². The van der Waals surface area contributed by atoms with Gasteiger partial charge in [0.2, 0.25) is 0 Å². The third kappa shape index (κ3) is 5.79. The van der Waals surface area contributed by atoms with Gasteiger partial charge in [0.05, 0.1) is 0 Å². The molecule has 7 heteroatoms. The summed E-state index contributed by atoms with van der Waals surface area (Å²) in [7, 11) is 0. The smallest absolute Gasteiger partial charge is 0.313 e. The number of likely N-dealkylation sites (tertiary alicyclic amines) is 1. The van der Waals surface area contributed by atoms with Crippen LogP contribution in [0.3, 0.4) is 0 Å². The number of amides is 2. The van der Waals surface area contributed by atoms with Gasteiger partial charge in [-0.2, -0.15) is 11.3 Å². The van der Waals surface area contributed by atoms with E-state index in [1.807, 2.05) is 6.92 Å². The summed E-state index contributed by atoms with van der Waals surface area (Å²) in [5.41, 5.74) is 2.80. The number of halogens is 1. The minimum atomic E-state index is -0.662. The Labute approximate surface area is 168 Å². The van der Waals surface area contributed by atoms with E-state index < -0.39 is 11.8 Å². The Morgan fingerprint density at radius 3 is 2.67 bits per heavy atom. The highest BCUT2D eigenvalue weighted by molar-refractivity contribution is 7.07. The second-order valence-electron chi connectivity index (χ2n) is 6.98. The number of thiophene rings is 1. The van der Waals surface area contributed by atoms with Crippen LogP contribution in [0.5, 0.6) is 0 Å². The molecule has 1 fully saturated rings. The number of carbonyl (C=O) groups is 2. The lowest BCUT2D eigenvalue weighted by Crippen LogP contribution is -2.41. The Hall–Kier alpha value is -1.89. The number of carbonyl (C=O) groups excluding carboxylic acids is 2. The average Bonchev–Trinajstić information content (AvgIpc) is 3.17. The summed E-state index contributed by atoms with van der Waals surface area (Å²) < 4.78 is 0. The largest absolute Gasteiger partial charge is 0.348 e. The number of hydrogen-bond acceptors (Lipinski definition) is 4. The van der Waals surface area contributed by atoms with E-state index in [9.17, 15) is 9.59 Å². The fraction of sp³-hybridized carbons (Fsp3) is 0.400. The van der Waals surface area contributed by atoms with Crippen LogP contribution in [0.15, 0.2) is 35.0 Å². The molecule has 0 spiro atoms. The number of benzene rings is 1. The van der Waals surface area contributed by atoms with Crippen molar-refractivity contribution in [1.29, 1.82) is 0 Å². The van der Waals surface area contributed by atoms with E-state index in [0.717, 1.165) is 38.0 Å². The van der Waals surface area contributed by atoms with Crippen molar-refractivity contribution in [2.45, 2.75) is 26.3 Å². The first-order chi connectivity index (χ1) is 13.0. The van der Waals surface area contributed by atoms with Gasteiger partial charge in [-0.05, 0) is 78.9 Å². The van der Waals surface area contributed by atoms with Crippen LogP contribution in [-0.2, 0) is 16.1 Å². The minimum Gasteiger partial charge on any atom is -0.348 e. The Kier molecular flexibility index (Phi) is 6.88. The molecule has 2 aromatic rings. The van der Waals surface area contributed by atoms with Crippen molar-refractivity contribution in [1.82, 2.24) is 10.2 Å². The molecule has 0 radical (unpaired) electrons. The second kappa shape index (κ2) is 9.35. The molecule has 3 rings (SSSR count). The predicted molar refractivity (Wildman–Crippen MR) is 110 cm³/mol. The monoisotopic (exact) mass is 405 g/mol. The van der Waals surface area contributed by atoms with E-state index in [1.165, 1.54) is 5.56 Å². The van der Waals surface area contributed by atoms with Crippen molar-refractivity contribution in [3.63, 3.8) is 0 Å². The summed E-state index contributed by atoms with van der Waals surface area (Å²) in [6.45, 7) is 5.44. The van der Waals surface area contributed by atoms with Crippen LogP contribution in [0.25, 0.3) is 0 Å². The van der Waals surface area contributed by atoms with Crippen molar-refractivity contribution in [3.8, 4) is 0 Å². The number of nitrogens with zero attached hydrogens (tertiary/aromatic N) is 1. The fourth-order valence-electron chi connectivity index (χ4n) is 3.17. The minimum absolute atomic E-state index is 0.411. The van der Waals surface area contributed by atoms with Gasteiger partial charge in [0, 0.05) is 23.8 Å². The molecule has 27 heavy (non-hydrogen) atoms. The maximum atomic E-state index is 12.1. The van der Waals surface area contributed by atoms with E-state index >= 15 is 0 Å². The quantitative estimate of drug-likeness (QED) is 0.746. The molecule has 0 saturated carbocycles. The van der Waals surface area contributed by atoms with Gasteiger partial charge in [0.15, 0.2) is 0 Å². The van der Waals surface area contributed by atoms with Gasteiger partial charge in [-0.3, -0.25) is 14.5 Å². The zero-order chi connectivity index (χ0) is 19.2. The highest BCUT2D eigenvalue weighted by Gasteiger charge is 2.21. The summed E-state index contributed by atoms with van der Waals surface area (Å²) >= 11 is 7.77. The second-order valence-corrected chi connectivity index (χ2v) is 8.17. The number of rotatable bonds is 5. The SMILES string of the molecule is Cc1ccc(NC(=O)C(=O)NCC2CCN(Cc3ccsc3)CC2)cc1Cl. The third-order valence-electron chi connectivity index (χ3n) is 4.88. The molecular weight excluding hydrogens is 382 g/mol. The van der Waals surface area contributed by atoms with Crippen molar-refractivity contribution in [3.05, 3.63) is 51.2 Å². The molecule has 5 nitrogen and oxygen atoms in total. The number of nitrogens with one attached hydrogen (secondary N) is 2. The Morgan fingerprint density at radius 1 is 1.22 bits per heavy atom. The molecule has 2 amide bonds. The van der Waals surface area contributed by atoms with Gasteiger partial charge in [0.1, 0.15) is 0 Å². The van der Waals surface area contributed by atoms with Gasteiger partial charge in [-0.15, -0.1) is 0 Å². The molecule has 1 saturated heterocycles. The molecular formula is C20H24ClN3O2S.